The number of carboxylic acid groups (broad SMARTS) is 1. The standard InChI is InChI=1S/C28H25NO2/c30-27(31)26(21-22-13-5-1-6-14-22)29-28(23-15-7-2-8-16-23,24-17-9-3-10-18-24)25-19-11-4-12-20-25/h1-20,26,29H,21H2,(H,30,31). The number of carboxylic acids is 1. The molecule has 3 heteroatoms. The molecule has 4 aromatic carbocycles. The number of hydrogen-bond donors (Lipinski definition) is 2. The highest BCUT2D eigenvalue weighted by atomic mass is 16.4. The first-order chi connectivity index (χ1) is 15.2. The van der Waals surface area contributed by atoms with E-state index < -0.39 is 17.6 Å². The molecule has 3 nitrogen and oxygen atoms in total. The van der Waals surface area contributed by atoms with Gasteiger partial charge in [0.05, 0.1) is 5.54 Å². The lowest BCUT2D eigenvalue weighted by molar-refractivity contribution is -0.139. The molecule has 0 radical (unpaired) electrons. The SMILES string of the molecule is O=C(O)C(Cc1ccccc1)NC(c1ccccc1)(c1ccccc1)c1ccccc1. The van der Waals surface area contributed by atoms with Gasteiger partial charge in [-0.05, 0) is 28.7 Å². The molecule has 154 valence electrons. The molecule has 0 bridgehead atoms. The highest BCUT2D eigenvalue weighted by Crippen LogP contribution is 2.37. The topological polar surface area (TPSA) is 49.3 Å². The number of nitrogens with one attached hydrogen (secondary N) is 1. The van der Waals surface area contributed by atoms with E-state index in [1.807, 2.05) is 84.9 Å². The largest absolute Gasteiger partial charge is 0.480 e. The maximum absolute atomic E-state index is 12.4. The van der Waals surface area contributed by atoms with E-state index in [-0.39, 0.29) is 0 Å². The van der Waals surface area contributed by atoms with Gasteiger partial charge in [0, 0.05) is 0 Å². The molecule has 0 fully saturated rings. The van der Waals surface area contributed by atoms with Gasteiger partial charge in [0.2, 0.25) is 0 Å². The summed E-state index contributed by atoms with van der Waals surface area (Å²) in [5.74, 6) is -0.879. The van der Waals surface area contributed by atoms with Crippen molar-refractivity contribution in [1.29, 1.82) is 0 Å². The second-order valence-corrected chi connectivity index (χ2v) is 7.57. The lowest BCUT2D eigenvalue weighted by Crippen LogP contribution is -2.53. The molecule has 2 N–H and O–H groups in total. The smallest absolute Gasteiger partial charge is 0.321 e. The van der Waals surface area contributed by atoms with Crippen LogP contribution >= 0.6 is 0 Å². The van der Waals surface area contributed by atoms with Gasteiger partial charge < -0.3 is 5.11 Å². The summed E-state index contributed by atoms with van der Waals surface area (Å²) in [6.45, 7) is 0. The monoisotopic (exact) mass is 407 g/mol. The van der Waals surface area contributed by atoms with Crippen molar-refractivity contribution in [3.63, 3.8) is 0 Å². The van der Waals surface area contributed by atoms with Gasteiger partial charge in [-0.3, -0.25) is 10.1 Å². The van der Waals surface area contributed by atoms with Crippen molar-refractivity contribution >= 4 is 5.97 Å². The Morgan fingerprint density at radius 2 is 1.00 bits per heavy atom. The predicted octanol–water partition coefficient (Wildman–Crippen LogP) is 5.26. The van der Waals surface area contributed by atoms with Crippen molar-refractivity contribution in [3.05, 3.63) is 144 Å². The predicted molar refractivity (Wildman–Crippen MR) is 124 cm³/mol. The van der Waals surface area contributed by atoms with Crippen LogP contribution in [0.15, 0.2) is 121 Å². The summed E-state index contributed by atoms with van der Waals surface area (Å²) in [4.78, 5) is 12.4. The first-order valence-corrected chi connectivity index (χ1v) is 10.4. The van der Waals surface area contributed by atoms with Crippen LogP contribution in [0.3, 0.4) is 0 Å². The summed E-state index contributed by atoms with van der Waals surface area (Å²) < 4.78 is 0. The lowest BCUT2D eigenvalue weighted by atomic mass is 9.76. The van der Waals surface area contributed by atoms with E-state index in [2.05, 4.69) is 41.7 Å². The van der Waals surface area contributed by atoms with Crippen molar-refractivity contribution in [2.45, 2.75) is 18.0 Å². The second-order valence-electron chi connectivity index (χ2n) is 7.57. The number of benzene rings is 4. The zero-order chi connectivity index (χ0) is 21.5. The van der Waals surface area contributed by atoms with Crippen molar-refractivity contribution in [2.24, 2.45) is 0 Å². The summed E-state index contributed by atoms with van der Waals surface area (Å²) in [6.07, 6.45) is 0.379. The molecule has 0 spiro atoms. The Morgan fingerprint density at radius 1 is 0.645 bits per heavy atom. The van der Waals surface area contributed by atoms with E-state index in [1.165, 1.54) is 0 Å². The minimum Gasteiger partial charge on any atom is -0.480 e. The Hall–Kier alpha value is -3.69. The third-order valence-corrected chi connectivity index (χ3v) is 5.59. The van der Waals surface area contributed by atoms with Crippen molar-refractivity contribution in [3.8, 4) is 0 Å². The first-order valence-electron chi connectivity index (χ1n) is 10.4. The average molecular weight is 408 g/mol. The molecule has 4 rings (SSSR count). The van der Waals surface area contributed by atoms with E-state index in [9.17, 15) is 9.90 Å². The van der Waals surface area contributed by atoms with Crippen LogP contribution in [0, 0.1) is 0 Å². The Bertz CT molecular complexity index is 1000. The third-order valence-electron chi connectivity index (χ3n) is 5.59. The highest BCUT2D eigenvalue weighted by Gasteiger charge is 2.39. The molecule has 0 aromatic heterocycles. The highest BCUT2D eigenvalue weighted by molar-refractivity contribution is 5.74. The van der Waals surface area contributed by atoms with Gasteiger partial charge in [-0.2, -0.15) is 0 Å². The molecule has 0 saturated carbocycles. The molecule has 0 aliphatic heterocycles. The van der Waals surface area contributed by atoms with E-state index in [0.29, 0.717) is 6.42 Å². The molecule has 31 heavy (non-hydrogen) atoms. The zero-order valence-electron chi connectivity index (χ0n) is 17.2. The van der Waals surface area contributed by atoms with E-state index in [1.54, 1.807) is 0 Å². The fourth-order valence-corrected chi connectivity index (χ4v) is 4.13. The van der Waals surface area contributed by atoms with Crippen molar-refractivity contribution < 1.29 is 9.90 Å². The Labute approximate surface area is 183 Å². The molecule has 0 amide bonds. The Kier molecular flexibility index (Phi) is 6.25. The number of carbonyl (C=O) groups is 1. The van der Waals surface area contributed by atoms with Crippen LogP contribution in [-0.2, 0) is 16.8 Å². The fourth-order valence-electron chi connectivity index (χ4n) is 4.13. The fraction of sp³-hybridized carbons (Fsp3) is 0.107. The van der Waals surface area contributed by atoms with E-state index in [4.69, 9.17) is 0 Å². The third kappa shape index (κ3) is 4.42. The molecule has 0 aliphatic rings. The Balaban J connectivity index is 1.90. The van der Waals surface area contributed by atoms with Crippen LogP contribution in [0.4, 0.5) is 0 Å². The molecular weight excluding hydrogens is 382 g/mol. The van der Waals surface area contributed by atoms with Crippen molar-refractivity contribution in [2.75, 3.05) is 0 Å². The molecule has 0 heterocycles. The second kappa shape index (κ2) is 9.41. The van der Waals surface area contributed by atoms with Gasteiger partial charge in [0.1, 0.15) is 6.04 Å². The summed E-state index contributed by atoms with van der Waals surface area (Å²) in [5.41, 5.74) is 3.14. The van der Waals surface area contributed by atoms with Crippen LogP contribution in [0.5, 0.6) is 0 Å². The summed E-state index contributed by atoms with van der Waals surface area (Å²) in [7, 11) is 0. The molecule has 4 aromatic rings. The van der Waals surface area contributed by atoms with Crippen LogP contribution in [-0.4, -0.2) is 17.1 Å². The lowest BCUT2D eigenvalue weighted by Gasteiger charge is -2.39. The minimum atomic E-state index is -0.879. The molecular formula is C28H25NO2. The average Bonchev–Trinajstić information content (AvgIpc) is 2.84. The van der Waals surface area contributed by atoms with Crippen molar-refractivity contribution in [1.82, 2.24) is 5.32 Å². The Morgan fingerprint density at radius 3 is 1.35 bits per heavy atom. The van der Waals surface area contributed by atoms with Gasteiger partial charge in [-0.1, -0.05) is 121 Å². The van der Waals surface area contributed by atoms with Crippen LogP contribution in [0.25, 0.3) is 0 Å². The zero-order valence-corrected chi connectivity index (χ0v) is 17.2. The maximum Gasteiger partial charge on any atom is 0.321 e. The maximum atomic E-state index is 12.4. The van der Waals surface area contributed by atoms with E-state index in [0.717, 1.165) is 22.3 Å². The summed E-state index contributed by atoms with van der Waals surface area (Å²) in [6, 6.07) is 39.1. The van der Waals surface area contributed by atoms with Gasteiger partial charge >= 0.3 is 5.97 Å². The van der Waals surface area contributed by atoms with Gasteiger partial charge in [0.15, 0.2) is 0 Å². The van der Waals surface area contributed by atoms with Gasteiger partial charge in [0.25, 0.3) is 0 Å². The van der Waals surface area contributed by atoms with Gasteiger partial charge in [-0.25, -0.2) is 0 Å². The first kappa shape index (κ1) is 20.6. The summed E-state index contributed by atoms with van der Waals surface area (Å²) in [5, 5.41) is 13.7. The van der Waals surface area contributed by atoms with Crippen LogP contribution in [0.1, 0.15) is 22.3 Å². The van der Waals surface area contributed by atoms with Crippen LogP contribution < -0.4 is 5.32 Å². The summed E-state index contributed by atoms with van der Waals surface area (Å²) >= 11 is 0. The normalized spacial score (nSPS) is 12.3. The van der Waals surface area contributed by atoms with Crippen LogP contribution in [0.2, 0.25) is 0 Å². The molecule has 0 aliphatic carbocycles. The number of aliphatic carboxylic acids is 1. The minimum absolute atomic E-state index is 0.379. The quantitative estimate of drug-likeness (QED) is 0.392. The number of hydrogen-bond acceptors (Lipinski definition) is 2. The molecule has 1 atom stereocenters. The molecule has 1 unspecified atom stereocenters. The van der Waals surface area contributed by atoms with Gasteiger partial charge in [-0.15, -0.1) is 0 Å². The molecule has 0 saturated heterocycles. The van der Waals surface area contributed by atoms with E-state index >= 15 is 0 Å². The number of rotatable bonds is 8.